The first-order valence-corrected chi connectivity index (χ1v) is 7.98. The van der Waals surface area contributed by atoms with Crippen molar-refractivity contribution in [3.05, 3.63) is 54.1 Å². The molecule has 24 heavy (non-hydrogen) atoms. The molecule has 0 bridgehead atoms. The zero-order valence-electron chi connectivity index (χ0n) is 14.7. The number of carbonyl (C=O) groups is 1. The molecule has 0 unspecified atom stereocenters. The number of hydrogen-bond acceptors (Lipinski definition) is 4. The summed E-state index contributed by atoms with van der Waals surface area (Å²) in [5.41, 5.74) is 1.31. The first-order chi connectivity index (χ1) is 11.3. The summed E-state index contributed by atoms with van der Waals surface area (Å²) in [6.45, 7) is 6.18. The topological polar surface area (TPSA) is 56.6 Å². The SMILES string of the molecule is Cn1cnc(CCN(OCc2ccccc2)C(=O)OC(C)(C)C)c1. The Hall–Kier alpha value is -2.34. The zero-order valence-corrected chi connectivity index (χ0v) is 14.7. The lowest BCUT2D eigenvalue weighted by molar-refractivity contribution is -0.155. The highest BCUT2D eigenvalue weighted by molar-refractivity contribution is 5.66. The van der Waals surface area contributed by atoms with Crippen molar-refractivity contribution in [2.24, 2.45) is 7.05 Å². The van der Waals surface area contributed by atoms with E-state index >= 15 is 0 Å². The van der Waals surface area contributed by atoms with Gasteiger partial charge in [0.05, 0.1) is 18.6 Å². The molecule has 1 heterocycles. The Labute approximate surface area is 143 Å². The second-order valence-electron chi connectivity index (χ2n) is 6.62. The van der Waals surface area contributed by atoms with Crippen molar-refractivity contribution in [1.29, 1.82) is 0 Å². The summed E-state index contributed by atoms with van der Waals surface area (Å²) in [5, 5.41) is 1.27. The molecule has 0 aliphatic rings. The van der Waals surface area contributed by atoms with Crippen molar-refractivity contribution in [3.63, 3.8) is 0 Å². The Bertz CT molecular complexity index is 647. The quantitative estimate of drug-likeness (QED) is 0.762. The van der Waals surface area contributed by atoms with Gasteiger partial charge in [0, 0.05) is 19.7 Å². The van der Waals surface area contributed by atoms with E-state index in [1.807, 2.05) is 68.9 Å². The van der Waals surface area contributed by atoms with Crippen LogP contribution < -0.4 is 0 Å². The van der Waals surface area contributed by atoms with Crippen molar-refractivity contribution in [3.8, 4) is 0 Å². The van der Waals surface area contributed by atoms with Gasteiger partial charge in [-0.05, 0) is 26.3 Å². The van der Waals surface area contributed by atoms with Crippen LogP contribution in [0, 0.1) is 0 Å². The number of hydroxylamine groups is 2. The van der Waals surface area contributed by atoms with Crippen LogP contribution in [0.2, 0.25) is 0 Å². The molecule has 1 aromatic heterocycles. The third-order valence-electron chi connectivity index (χ3n) is 3.16. The van der Waals surface area contributed by atoms with Crippen LogP contribution >= 0.6 is 0 Å². The monoisotopic (exact) mass is 331 g/mol. The molecule has 0 aliphatic carbocycles. The number of aromatic nitrogens is 2. The van der Waals surface area contributed by atoms with Crippen LogP contribution in [0.5, 0.6) is 0 Å². The standard InChI is InChI=1S/C18H25N3O3/c1-18(2,3)24-17(22)21(11-10-16-12-20(4)14-19-16)23-13-15-8-6-5-7-9-15/h5-9,12,14H,10-11,13H2,1-4H3. The summed E-state index contributed by atoms with van der Waals surface area (Å²) < 4.78 is 7.29. The van der Waals surface area contributed by atoms with Gasteiger partial charge < -0.3 is 9.30 Å². The first-order valence-electron chi connectivity index (χ1n) is 7.98. The second-order valence-corrected chi connectivity index (χ2v) is 6.62. The van der Waals surface area contributed by atoms with Gasteiger partial charge in [-0.2, -0.15) is 5.06 Å². The number of nitrogens with zero attached hydrogens (tertiary/aromatic N) is 3. The van der Waals surface area contributed by atoms with Crippen molar-refractivity contribution in [2.75, 3.05) is 6.54 Å². The van der Waals surface area contributed by atoms with E-state index in [4.69, 9.17) is 9.57 Å². The van der Waals surface area contributed by atoms with E-state index in [0.29, 0.717) is 19.6 Å². The third kappa shape index (κ3) is 6.04. The average Bonchev–Trinajstić information content (AvgIpc) is 2.92. The molecule has 0 saturated carbocycles. The lowest BCUT2D eigenvalue weighted by atomic mass is 10.2. The van der Waals surface area contributed by atoms with E-state index in [0.717, 1.165) is 11.3 Å². The minimum Gasteiger partial charge on any atom is -0.442 e. The van der Waals surface area contributed by atoms with E-state index in [-0.39, 0.29) is 0 Å². The van der Waals surface area contributed by atoms with Gasteiger partial charge >= 0.3 is 6.09 Å². The molecule has 1 amide bonds. The van der Waals surface area contributed by atoms with Crippen LogP contribution in [0.4, 0.5) is 4.79 Å². The number of hydrogen-bond donors (Lipinski definition) is 0. The van der Waals surface area contributed by atoms with Crippen LogP contribution in [0.3, 0.4) is 0 Å². The molecule has 0 radical (unpaired) electrons. The van der Waals surface area contributed by atoms with Gasteiger partial charge in [-0.3, -0.25) is 4.84 Å². The minimum absolute atomic E-state index is 0.308. The summed E-state index contributed by atoms with van der Waals surface area (Å²) in [6, 6.07) is 9.71. The van der Waals surface area contributed by atoms with E-state index in [2.05, 4.69) is 4.98 Å². The lowest BCUT2D eigenvalue weighted by Crippen LogP contribution is -2.38. The maximum atomic E-state index is 12.4. The van der Waals surface area contributed by atoms with Crippen LogP contribution in [-0.2, 0) is 29.6 Å². The van der Waals surface area contributed by atoms with Gasteiger partial charge in [0.25, 0.3) is 0 Å². The average molecular weight is 331 g/mol. The number of imidazole rings is 1. The number of benzene rings is 1. The van der Waals surface area contributed by atoms with Crippen LogP contribution in [0.1, 0.15) is 32.0 Å². The minimum atomic E-state index is -0.573. The maximum Gasteiger partial charge on any atom is 0.434 e. The number of amides is 1. The van der Waals surface area contributed by atoms with Gasteiger partial charge in [0.15, 0.2) is 0 Å². The molecule has 2 aromatic rings. The van der Waals surface area contributed by atoms with E-state index < -0.39 is 11.7 Å². The highest BCUT2D eigenvalue weighted by atomic mass is 16.7. The largest absolute Gasteiger partial charge is 0.442 e. The Balaban J connectivity index is 1.98. The summed E-state index contributed by atoms with van der Waals surface area (Å²) in [5.74, 6) is 0. The Morgan fingerprint density at radius 3 is 2.54 bits per heavy atom. The van der Waals surface area contributed by atoms with Crippen molar-refractivity contribution >= 4 is 6.09 Å². The van der Waals surface area contributed by atoms with Crippen LogP contribution in [-0.4, -0.2) is 32.9 Å². The second kappa shape index (κ2) is 7.97. The molecule has 0 atom stereocenters. The molecule has 2 rings (SSSR count). The molecule has 0 saturated heterocycles. The molecular weight excluding hydrogens is 306 g/mol. The summed E-state index contributed by atoms with van der Waals surface area (Å²) >= 11 is 0. The Morgan fingerprint density at radius 1 is 1.25 bits per heavy atom. The van der Waals surface area contributed by atoms with Gasteiger partial charge in [-0.25, -0.2) is 9.78 Å². The number of carbonyl (C=O) groups excluding carboxylic acids is 1. The van der Waals surface area contributed by atoms with Gasteiger partial charge in [-0.15, -0.1) is 0 Å². The van der Waals surface area contributed by atoms with Crippen LogP contribution in [0.15, 0.2) is 42.9 Å². The van der Waals surface area contributed by atoms with Gasteiger partial charge in [0.2, 0.25) is 0 Å². The molecule has 6 heteroatoms. The summed E-state index contributed by atoms with van der Waals surface area (Å²) in [7, 11) is 1.91. The number of ether oxygens (including phenoxy) is 1. The van der Waals surface area contributed by atoms with E-state index in [9.17, 15) is 4.79 Å². The lowest BCUT2D eigenvalue weighted by Gasteiger charge is -2.26. The molecule has 0 fully saturated rings. The van der Waals surface area contributed by atoms with Crippen molar-refractivity contribution in [1.82, 2.24) is 14.6 Å². The number of rotatable bonds is 6. The number of aryl methyl sites for hydroxylation is 1. The molecule has 0 spiro atoms. The first kappa shape index (κ1) is 18.0. The Morgan fingerprint density at radius 2 is 1.96 bits per heavy atom. The highest BCUT2D eigenvalue weighted by Crippen LogP contribution is 2.12. The molecule has 6 nitrogen and oxygen atoms in total. The van der Waals surface area contributed by atoms with Crippen LogP contribution in [0.25, 0.3) is 0 Å². The molecule has 130 valence electrons. The predicted octanol–water partition coefficient (Wildman–Crippen LogP) is 3.33. The van der Waals surface area contributed by atoms with Gasteiger partial charge in [-0.1, -0.05) is 30.3 Å². The Kier molecular flexibility index (Phi) is 5.98. The molecule has 0 N–H and O–H groups in total. The van der Waals surface area contributed by atoms with E-state index in [1.54, 1.807) is 6.33 Å². The normalized spacial score (nSPS) is 11.3. The van der Waals surface area contributed by atoms with Crippen molar-refractivity contribution in [2.45, 2.75) is 39.4 Å². The zero-order chi connectivity index (χ0) is 17.6. The molecule has 0 aliphatic heterocycles. The predicted molar refractivity (Wildman–Crippen MR) is 91.1 cm³/mol. The summed E-state index contributed by atoms with van der Waals surface area (Å²) in [6.07, 6.45) is 3.76. The fraction of sp³-hybridized carbons (Fsp3) is 0.444. The fourth-order valence-electron chi connectivity index (χ4n) is 2.06. The van der Waals surface area contributed by atoms with Gasteiger partial charge in [0.1, 0.15) is 12.2 Å². The molecular formula is C18H25N3O3. The molecule has 1 aromatic carbocycles. The third-order valence-corrected chi connectivity index (χ3v) is 3.16. The maximum absolute atomic E-state index is 12.4. The van der Waals surface area contributed by atoms with E-state index in [1.165, 1.54) is 5.06 Å². The fourth-order valence-corrected chi connectivity index (χ4v) is 2.06. The smallest absolute Gasteiger partial charge is 0.434 e. The summed E-state index contributed by atoms with van der Waals surface area (Å²) in [4.78, 5) is 22.3. The highest BCUT2D eigenvalue weighted by Gasteiger charge is 2.23. The van der Waals surface area contributed by atoms with Crippen molar-refractivity contribution < 1.29 is 14.4 Å².